The molecule has 1 amide bonds. The first-order chi connectivity index (χ1) is 12.0. The zero-order chi connectivity index (χ0) is 18.0. The van der Waals surface area contributed by atoms with Crippen molar-refractivity contribution in [3.8, 4) is 0 Å². The standard InChI is InChI=1S/C20H18ClFN2O/c1-13(20(25)23-19-10-8-16(22)12-18(19)21)24(2)17-9-7-14-5-3-4-6-15(14)11-17/h3-13H,1-2H3,(H,23,25)/t13-/m0/s1. The molecule has 0 aliphatic rings. The Bertz CT molecular complexity index is 928. The number of hydrogen-bond acceptors (Lipinski definition) is 2. The zero-order valence-electron chi connectivity index (χ0n) is 14.0. The lowest BCUT2D eigenvalue weighted by Crippen LogP contribution is -2.39. The summed E-state index contributed by atoms with van der Waals surface area (Å²) in [6.45, 7) is 1.81. The van der Waals surface area contributed by atoms with E-state index in [1.54, 1.807) is 0 Å². The molecule has 0 bridgehead atoms. The van der Waals surface area contributed by atoms with E-state index in [-0.39, 0.29) is 10.9 Å². The molecule has 0 unspecified atom stereocenters. The summed E-state index contributed by atoms with van der Waals surface area (Å²) in [6, 6.07) is 17.6. The van der Waals surface area contributed by atoms with Gasteiger partial charge in [0.1, 0.15) is 11.9 Å². The van der Waals surface area contributed by atoms with E-state index in [9.17, 15) is 9.18 Å². The summed E-state index contributed by atoms with van der Waals surface area (Å²) < 4.78 is 13.1. The number of nitrogens with zero attached hydrogens (tertiary/aromatic N) is 1. The smallest absolute Gasteiger partial charge is 0.246 e. The highest BCUT2D eigenvalue weighted by molar-refractivity contribution is 6.33. The minimum atomic E-state index is -0.440. The van der Waals surface area contributed by atoms with E-state index in [1.807, 2.05) is 61.3 Å². The van der Waals surface area contributed by atoms with E-state index in [4.69, 9.17) is 11.6 Å². The second kappa shape index (κ2) is 7.11. The Morgan fingerprint density at radius 1 is 1.08 bits per heavy atom. The van der Waals surface area contributed by atoms with Gasteiger partial charge in [0.15, 0.2) is 0 Å². The Morgan fingerprint density at radius 3 is 2.52 bits per heavy atom. The largest absolute Gasteiger partial charge is 0.363 e. The zero-order valence-corrected chi connectivity index (χ0v) is 14.7. The number of anilines is 2. The topological polar surface area (TPSA) is 32.3 Å². The number of fused-ring (bicyclic) bond motifs is 1. The molecular formula is C20H18ClFN2O. The first kappa shape index (κ1) is 17.2. The number of benzene rings is 3. The number of nitrogens with one attached hydrogen (secondary N) is 1. The van der Waals surface area contributed by atoms with Gasteiger partial charge in [0.05, 0.1) is 10.7 Å². The number of rotatable bonds is 4. The van der Waals surface area contributed by atoms with Crippen LogP contribution >= 0.6 is 11.6 Å². The van der Waals surface area contributed by atoms with Crippen molar-refractivity contribution < 1.29 is 9.18 Å². The molecular weight excluding hydrogens is 339 g/mol. The molecule has 0 saturated heterocycles. The van der Waals surface area contributed by atoms with E-state index in [2.05, 4.69) is 5.32 Å². The Labute approximate surface area is 151 Å². The minimum Gasteiger partial charge on any atom is -0.363 e. The van der Waals surface area contributed by atoms with Crippen molar-refractivity contribution >= 4 is 39.7 Å². The lowest BCUT2D eigenvalue weighted by molar-refractivity contribution is -0.117. The summed E-state index contributed by atoms with van der Waals surface area (Å²) >= 11 is 5.97. The second-order valence-corrected chi connectivity index (χ2v) is 6.34. The first-order valence-electron chi connectivity index (χ1n) is 7.93. The lowest BCUT2D eigenvalue weighted by Gasteiger charge is -2.26. The Balaban J connectivity index is 1.78. The van der Waals surface area contributed by atoms with Gasteiger partial charge in [-0.1, -0.05) is 41.9 Å². The van der Waals surface area contributed by atoms with Gasteiger partial charge in [-0.05, 0) is 48.0 Å². The van der Waals surface area contributed by atoms with Crippen molar-refractivity contribution in [3.63, 3.8) is 0 Å². The average molecular weight is 357 g/mol. The van der Waals surface area contributed by atoms with Gasteiger partial charge in [0.25, 0.3) is 0 Å². The van der Waals surface area contributed by atoms with Crippen LogP contribution in [-0.2, 0) is 4.79 Å². The van der Waals surface area contributed by atoms with E-state index in [0.29, 0.717) is 5.69 Å². The summed E-state index contributed by atoms with van der Waals surface area (Å²) in [6.07, 6.45) is 0. The first-order valence-corrected chi connectivity index (χ1v) is 8.31. The highest BCUT2D eigenvalue weighted by Gasteiger charge is 2.19. The molecule has 3 nitrogen and oxygen atoms in total. The monoisotopic (exact) mass is 356 g/mol. The van der Waals surface area contributed by atoms with Gasteiger partial charge in [0.2, 0.25) is 5.91 Å². The minimum absolute atomic E-state index is 0.175. The molecule has 3 rings (SSSR count). The van der Waals surface area contributed by atoms with E-state index in [1.165, 1.54) is 18.2 Å². The van der Waals surface area contributed by atoms with Crippen molar-refractivity contribution in [2.75, 3.05) is 17.3 Å². The molecule has 1 N–H and O–H groups in total. The van der Waals surface area contributed by atoms with Crippen molar-refractivity contribution in [3.05, 3.63) is 71.5 Å². The van der Waals surface area contributed by atoms with E-state index >= 15 is 0 Å². The molecule has 1 atom stereocenters. The second-order valence-electron chi connectivity index (χ2n) is 5.93. The SMILES string of the molecule is C[C@@H](C(=O)Nc1ccc(F)cc1Cl)N(C)c1ccc2ccccc2c1. The fourth-order valence-electron chi connectivity index (χ4n) is 2.62. The number of carbonyl (C=O) groups excluding carboxylic acids is 1. The molecule has 3 aromatic rings. The third kappa shape index (κ3) is 3.74. The summed E-state index contributed by atoms with van der Waals surface area (Å²) in [5, 5.41) is 5.18. The number of halogens is 2. The van der Waals surface area contributed by atoms with E-state index in [0.717, 1.165) is 16.5 Å². The third-order valence-electron chi connectivity index (χ3n) is 4.29. The molecule has 5 heteroatoms. The van der Waals surface area contributed by atoms with Gasteiger partial charge in [-0.2, -0.15) is 0 Å². The summed E-state index contributed by atoms with van der Waals surface area (Å²) in [7, 11) is 1.86. The van der Waals surface area contributed by atoms with Crippen molar-refractivity contribution in [2.45, 2.75) is 13.0 Å². The van der Waals surface area contributed by atoms with Crippen LogP contribution in [0.1, 0.15) is 6.92 Å². The van der Waals surface area contributed by atoms with Crippen LogP contribution in [0.15, 0.2) is 60.7 Å². The molecule has 0 saturated carbocycles. The third-order valence-corrected chi connectivity index (χ3v) is 4.60. The maximum Gasteiger partial charge on any atom is 0.246 e. The maximum atomic E-state index is 13.1. The van der Waals surface area contributed by atoms with Gasteiger partial charge < -0.3 is 10.2 Å². The molecule has 128 valence electrons. The van der Waals surface area contributed by atoms with Gasteiger partial charge in [0, 0.05) is 12.7 Å². The van der Waals surface area contributed by atoms with Crippen LogP contribution in [0.2, 0.25) is 5.02 Å². The summed E-state index contributed by atoms with van der Waals surface area (Å²) in [5.74, 6) is -0.659. The van der Waals surface area contributed by atoms with Crippen LogP contribution in [0.25, 0.3) is 10.8 Å². The molecule has 0 heterocycles. The van der Waals surface area contributed by atoms with Crippen LogP contribution < -0.4 is 10.2 Å². The highest BCUT2D eigenvalue weighted by atomic mass is 35.5. The summed E-state index contributed by atoms with van der Waals surface area (Å²) in [5.41, 5.74) is 1.33. The van der Waals surface area contributed by atoms with Crippen molar-refractivity contribution in [2.24, 2.45) is 0 Å². The Kier molecular flexibility index (Phi) is 4.91. The van der Waals surface area contributed by atoms with Crippen molar-refractivity contribution in [1.82, 2.24) is 0 Å². The molecule has 0 aliphatic carbocycles. The average Bonchev–Trinajstić information content (AvgIpc) is 2.62. The molecule has 0 aliphatic heterocycles. The fraction of sp³-hybridized carbons (Fsp3) is 0.150. The van der Waals surface area contributed by atoms with Crippen LogP contribution in [0.3, 0.4) is 0 Å². The van der Waals surface area contributed by atoms with Crippen LogP contribution in [0.4, 0.5) is 15.8 Å². The maximum absolute atomic E-state index is 13.1. The fourth-order valence-corrected chi connectivity index (χ4v) is 2.84. The molecule has 3 aromatic carbocycles. The number of likely N-dealkylation sites (N-methyl/N-ethyl adjacent to an activating group) is 1. The number of carbonyl (C=O) groups is 1. The van der Waals surface area contributed by atoms with Crippen LogP contribution in [0.5, 0.6) is 0 Å². The molecule has 0 fully saturated rings. The highest BCUT2D eigenvalue weighted by Crippen LogP contribution is 2.25. The normalized spacial score (nSPS) is 12.0. The predicted molar refractivity (Wildman–Crippen MR) is 102 cm³/mol. The Morgan fingerprint density at radius 2 is 1.80 bits per heavy atom. The predicted octanol–water partition coefficient (Wildman–Crippen LogP) is 5.10. The van der Waals surface area contributed by atoms with Gasteiger partial charge in [-0.3, -0.25) is 4.79 Å². The van der Waals surface area contributed by atoms with Gasteiger partial charge in [-0.25, -0.2) is 4.39 Å². The number of hydrogen-bond donors (Lipinski definition) is 1. The van der Waals surface area contributed by atoms with Gasteiger partial charge in [-0.15, -0.1) is 0 Å². The van der Waals surface area contributed by atoms with Crippen molar-refractivity contribution in [1.29, 1.82) is 0 Å². The lowest BCUT2D eigenvalue weighted by atomic mass is 10.1. The quantitative estimate of drug-likeness (QED) is 0.705. The van der Waals surface area contributed by atoms with Crippen LogP contribution in [-0.4, -0.2) is 19.0 Å². The van der Waals surface area contributed by atoms with E-state index < -0.39 is 11.9 Å². The Hall–Kier alpha value is -2.59. The van der Waals surface area contributed by atoms with Crippen LogP contribution in [0, 0.1) is 5.82 Å². The number of amides is 1. The molecule has 0 aromatic heterocycles. The summed E-state index contributed by atoms with van der Waals surface area (Å²) in [4.78, 5) is 14.4. The molecule has 0 radical (unpaired) electrons. The molecule has 0 spiro atoms. The van der Waals surface area contributed by atoms with Gasteiger partial charge >= 0.3 is 0 Å². The molecule has 25 heavy (non-hydrogen) atoms.